The van der Waals surface area contributed by atoms with Gasteiger partial charge in [-0.15, -0.1) is 0 Å². The number of carboxylic acid groups (broad SMARTS) is 1. The van der Waals surface area contributed by atoms with Gasteiger partial charge in [-0.25, -0.2) is 14.4 Å². The van der Waals surface area contributed by atoms with Crippen LogP contribution in [0.15, 0.2) is 54.7 Å². The van der Waals surface area contributed by atoms with E-state index in [1.165, 1.54) is 30.3 Å². The van der Waals surface area contributed by atoms with Gasteiger partial charge in [0, 0.05) is 17.3 Å². The molecule has 1 aliphatic rings. The molecule has 3 aromatic rings. The van der Waals surface area contributed by atoms with Crippen molar-refractivity contribution in [2.24, 2.45) is 0 Å². The molecule has 170 valence electrons. The summed E-state index contributed by atoms with van der Waals surface area (Å²) in [6.45, 7) is -0.223. The number of ether oxygens (including phenoxy) is 1. The number of carboxylic acids is 1. The van der Waals surface area contributed by atoms with Gasteiger partial charge in [0.15, 0.2) is 0 Å². The van der Waals surface area contributed by atoms with Crippen LogP contribution < -0.4 is 39.4 Å². The van der Waals surface area contributed by atoms with E-state index in [4.69, 9.17) is 4.74 Å². The summed E-state index contributed by atoms with van der Waals surface area (Å²) in [5.74, 6) is -2.03. The van der Waals surface area contributed by atoms with Gasteiger partial charge in [0.25, 0.3) is 0 Å². The summed E-state index contributed by atoms with van der Waals surface area (Å²) >= 11 is 0. The Morgan fingerprint density at radius 1 is 1.06 bits per heavy atom. The number of rotatable bonds is 6. The molecule has 2 aromatic heterocycles. The first-order valence-electron chi connectivity index (χ1n) is 10.1. The number of benzene rings is 1. The third-order valence-corrected chi connectivity index (χ3v) is 5.31. The third-order valence-electron chi connectivity index (χ3n) is 5.31. The largest absolute Gasteiger partial charge is 1.00 e. The maximum atomic E-state index is 14.0. The van der Waals surface area contributed by atoms with Crippen molar-refractivity contribution in [2.45, 2.75) is 32.0 Å². The van der Waals surface area contributed by atoms with E-state index in [1.54, 1.807) is 12.1 Å². The summed E-state index contributed by atoms with van der Waals surface area (Å²) in [5, 5.41) is 11.2. The molecule has 2 heterocycles. The number of carbonyl (C=O) groups excluding carboxylic acids is 1. The molecule has 1 aromatic carbocycles. The molecule has 0 N–H and O–H groups in total. The number of allylic oxidation sites excluding steroid dienone is 2. The second-order valence-corrected chi connectivity index (χ2v) is 7.46. The molecule has 1 aliphatic carbocycles. The Morgan fingerprint density at radius 2 is 1.79 bits per heavy atom. The second-order valence-electron chi connectivity index (χ2n) is 7.46. The molecule has 0 unspecified atom stereocenters. The van der Waals surface area contributed by atoms with Gasteiger partial charge in [0.2, 0.25) is 5.88 Å². The fraction of sp³-hybridized carbons (Fsp3) is 0.208. The van der Waals surface area contributed by atoms with Crippen LogP contribution in [-0.2, 0) is 12.8 Å². The monoisotopic (exact) mass is 480 g/mol. The Morgan fingerprint density at radius 3 is 2.50 bits per heavy atom. The second kappa shape index (κ2) is 10.7. The average Bonchev–Trinajstić information content (AvgIpc) is 3.28. The molecule has 0 spiro atoms. The standard InChI is InChI=1S/C24H18F4N2O3.Na/c25-19-8-2-1-5-14(19)13-33-22-18(11-15(12-29-22)24(26,27)28)16-6-3-7-17(16)20-9-4-10-21(30-20)23(31)32;/h1-2,4-5,8-12H,3,6-7,13H2,(H,31,32);/q;+1/p-1. The fourth-order valence-electron chi connectivity index (χ4n) is 3.74. The van der Waals surface area contributed by atoms with Crippen molar-refractivity contribution in [1.29, 1.82) is 0 Å². The molecule has 4 rings (SSSR count). The molecule has 0 saturated carbocycles. The third kappa shape index (κ3) is 5.65. The average molecular weight is 480 g/mol. The molecule has 0 fully saturated rings. The van der Waals surface area contributed by atoms with Gasteiger partial charge in [-0.3, -0.25) is 0 Å². The van der Waals surface area contributed by atoms with Crippen LogP contribution >= 0.6 is 0 Å². The SMILES string of the molecule is O=C([O-])c1cccc(C2=C(c3cc(C(F)(F)F)cnc3OCc3ccccc3F)CCC2)n1.[Na+]. The zero-order chi connectivity index (χ0) is 23.6. The quantitative estimate of drug-likeness (QED) is 0.397. The van der Waals surface area contributed by atoms with Crippen LogP contribution in [0, 0.1) is 5.82 Å². The molecule has 0 atom stereocenters. The summed E-state index contributed by atoms with van der Waals surface area (Å²) in [5.41, 5.74) is 0.593. The van der Waals surface area contributed by atoms with E-state index in [-0.39, 0.29) is 58.9 Å². The Bertz CT molecular complexity index is 1240. The first kappa shape index (κ1) is 25.9. The van der Waals surface area contributed by atoms with Crippen LogP contribution in [0.25, 0.3) is 11.1 Å². The minimum atomic E-state index is -4.63. The number of carbonyl (C=O) groups is 1. The Labute approximate surface area is 214 Å². The van der Waals surface area contributed by atoms with Gasteiger partial charge in [-0.05, 0) is 54.7 Å². The van der Waals surface area contributed by atoms with E-state index in [0.29, 0.717) is 42.3 Å². The maximum absolute atomic E-state index is 14.0. The molecule has 5 nitrogen and oxygen atoms in total. The van der Waals surface area contributed by atoms with Gasteiger partial charge in [0.05, 0.1) is 22.9 Å². The van der Waals surface area contributed by atoms with Crippen molar-refractivity contribution in [3.8, 4) is 5.88 Å². The van der Waals surface area contributed by atoms with Gasteiger partial charge in [0.1, 0.15) is 12.4 Å². The van der Waals surface area contributed by atoms with Gasteiger partial charge in [-0.1, -0.05) is 24.3 Å². The number of halogens is 4. The van der Waals surface area contributed by atoms with E-state index in [2.05, 4.69) is 9.97 Å². The molecular formula is C24H17F4N2NaO3. The van der Waals surface area contributed by atoms with Gasteiger partial charge < -0.3 is 14.6 Å². The first-order valence-corrected chi connectivity index (χ1v) is 10.1. The number of alkyl halides is 3. The van der Waals surface area contributed by atoms with Crippen LogP contribution in [-0.4, -0.2) is 15.9 Å². The van der Waals surface area contributed by atoms with Gasteiger partial charge in [-0.2, -0.15) is 13.2 Å². The molecule has 10 heteroatoms. The normalized spacial score (nSPS) is 13.5. The summed E-state index contributed by atoms with van der Waals surface area (Å²) in [4.78, 5) is 19.2. The zero-order valence-corrected chi connectivity index (χ0v) is 20.2. The van der Waals surface area contributed by atoms with E-state index in [1.807, 2.05) is 0 Å². The number of aromatic carboxylic acids is 1. The summed E-state index contributed by atoms with van der Waals surface area (Å²) < 4.78 is 59.9. The van der Waals surface area contributed by atoms with Crippen molar-refractivity contribution in [3.05, 3.63) is 88.6 Å². The first-order chi connectivity index (χ1) is 15.7. The van der Waals surface area contributed by atoms with Crippen molar-refractivity contribution < 1.29 is 61.8 Å². The van der Waals surface area contributed by atoms with Crippen LogP contribution in [0.3, 0.4) is 0 Å². The Balaban J connectivity index is 0.00000324. The molecule has 34 heavy (non-hydrogen) atoms. The Hall–Kier alpha value is -2.75. The molecular weight excluding hydrogens is 463 g/mol. The number of hydrogen-bond donors (Lipinski definition) is 0. The number of nitrogens with zero attached hydrogens (tertiary/aromatic N) is 2. The predicted octanol–water partition coefficient (Wildman–Crippen LogP) is 1.68. The fourth-order valence-corrected chi connectivity index (χ4v) is 3.74. The van der Waals surface area contributed by atoms with Gasteiger partial charge >= 0.3 is 35.7 Å². The maximum Gasteiger partial charge on any atom is 1.00 e. The topological polar surface area (TPSA) is 75.1 Å². The zero-order valence-electron chi connectivity index (χ0n) is 18.2. The minimum Gasteiger partial charge on any atom is -0.543 e. The van der Waals surface area contributed by atoms with Crippen LogP contribution in [0.2, 0.25) is 0 Å². The van der Waals surface area contributed by atoms with Crippen LogP contribution in [0.5, 0.6) is 5.88 Å². The van der Waals surface area contributed by atoms with Crippen molar-refractivity contribution >= 4 is 17.1 Å². The van der Waals surface area contributed by atoms with Crippen molar-refractivity contribution in [2.75, 3.05) is 0 Å². The summed E-state index contributed by atoms with van der Waals surface area (Å²) in [6, 6.07) is 11.2. The van der Waals surface area contributed by atoms with Crippen LogP contribution in [0.1, 0.15) is 52.1 Å². The molecule has 0 aliphatic heterocycles. The van der Waals surface area contributed by atoms with E-state index in [0.717, 1.165) is 6.07 Å². The molecule has 0 amide bonds. The van der Waals surface area contributed by atoms with E-state index >= 15 is 0 Å². The molecule has 0 radical (unpaired) electrons. The Kier molecular flexibility index (Phi) is 8.12. The van der Waals surface area contributed by atoms with Crippen molar-refractivity contribution in [1.82, 2.24) is 9.97 Å². The number of aromatic nitrogens is 2. The molecule has 0 saturated heterocycles. The summed E-state index contributed by atoms with van der Waals surface area (Å²) in [7, 11) is 0. The number of hydrogen-bond acceptors (Lipinski definition) is 5. The summed E-state index contributed by atoms with van der Waals surface area (Å²) in [6.07, 6.45) is -2.42. The van der Waals surface area contributed by atoms with Crippen molar-refractivity contribution in [3.63, 3.8) is 0 Å². The van der Waals surface area contributed by atoms with E-state index < -0.39 is 23.5 Å². The number of pyridine rings is 2. The minimum absolute atomic E-state index is 0. The van der Waals surface area contributed by atoms with E-state index in [9.17, 15) is 27.5 Å². The smallest absolute Gasteiger partial charge is 0.543 e. The predicted molar refractivity (Wildman–Crippen MR) is 109 cm³/mol. The van der Waals surface area contributed by atoms with Crippen LogP contribution in [0.4, 0.5) is 17.6 Å². The molecule has 0 bridgehead atoms.